The van der Waals surface area contributed by atoms with Crippen molar-refractivity contribution in [3.05, 3.63) is 0 Å². The van der Waals surface area contributed by atoms with Crippen LogP contribution in [0, 0.1) is 11.8 Å². The summed E-state index contributed by atoms with van der Waals surface area (Å²) in [5.74, 6) is 0.368. The lowest BCUT2D eigenvalue weighted by atomic mass is 9.87. The van der Waals surface area contributed by atoms with Crippen molar-refractivity contribution in [3.63, 3.8) is 0 Å². The van der Waals surface area contributed by atoms with Crippen molar-refractivity contribution in [2.75, 3.05) is 13.1 Å². The summed E-state index contributed by atoms with van der Waals surface area (Å²) in [7, 11) is 0. The highest BCUT2D eigenvalue weighted by Gasteiger charge is 2.43. The molecule has 2 bridgehead atoms. The second kappa shape index (κ2) is 5.72. The fourth-order valence-corrected chi connectivity index (χ4v) is 4.35. The molecular weight excluding hydrogens is 256 g/mol. The van der Waals surface area contributed by atoms with E-state index in [1.807, 2.05) is 0 Å². The van der Waals surface area contributed by atoms with Crippen molar-refractivity contribution in [1.29, 1.82) is 0 Å². The van der Waals surface area contributed by atoms with Gasteiger partial charge in [0.1, 0.15) is 0 Å². The Balaban J connectivity index is 1.58. The molecule has 3 atom stereocenters. The van der Waals surface area contributed by atoms with Gasteiger partial charge in [-0.15, -0.1) is 0 Å². The van der Waals surface area contributed by atoms with Gasteiger partial charge in [0.2, 0.25) is 5.91 Å². The van der Waals surface area contributed by atoms with Crippen LogP contribution >= 0.6 is 0 Å². The van der Waals surface area contributed by atoms with Crippen LogP contribution in [-0.4, -0.2) is 47.1 Å². The zero-order valence-corrected chi connectivity index (χ0v) is 11.9. The van der Waals surface area contributed by atoms with E-state index in [1.165, 1.54) is 0 Å². The first-order valence-corrected chi connectivity index (χ1v) is 7.87. The molecule has 5 heteroatoms. The number of fused-ring (bicyclic) bond motifs is 2. The minimum atomic E-state index is -0.703. The van der Waals surface area contributed by atoms with Crippen molar-refractivity contribution in [3.8, 4) is 0 Å². The minimum Gasteiger partial charge on any atom is -0.481 e. The molecule has 0 saturated carbocycles. The van der Waals surface area contributed by atoms with Gasteiger partial charge in [0.25, 0.3) is 0 Å². The third kappa shape index (κ3) is 2.82. The highest BCUT2D eigenvalue weighted by Crippen LogP contribution is 2.40. The molecule has 0 radical (unpaired) electrons. The van der Waals surface area contributed by atoms with Gasteiger partial charge in [0.05, 0.1) is 0 Å². The van der Waals surface area contributed by atoms with E-state index >= 15 is 0 Å². The number of aliphatic carboxylic acids is 1. The van der Waals surface area contributed by atoms with Gasteiger partial charge in [-0.05, 0) is 57.0 Å². The second-order valence-electron chi connectivity index (χ2n) is 6.68. The lowest BCUT2D eigenvalue weighted by molar-refractivity contribution is -0.140. The predicted molar refractivity (Wildman–Crippen MR) is 74.2 cm³/mol. The Hall–Kier alpha value is -1.10. The van der Waals surface area contributed by atoms with E-state index in [1.54, 1.807) is 0 Å². The first kappa shape index (κ1) is 13.9. The van der Waals surface area contributed by atoms with Gasteiger partial charge in [-0.25, -0.2) is 0 Å². The number of carbonyl (C=O) groups is 2. The number of piperidine rings is 1. The first-order valence-electron chi connectivity index (χ1n) is 7.87. The van der Waals surface area contributed by atoms with Crippen molar-refractivity contribution in [1.82, 2.24) is 10.2 Å². The molecule has 112 valence electrons. The van der Waals surface area contributed by atoms with Gasteiger partial charge in [0, 0.05) is 24.9 Å². The normalized spacial score (nSPS) is 36.3. The quantitative estimate of drug-likeness (QED) is 0.812. The van der Waals surface area contributed by atoms with Crippen LogP contribution < -0.4 is 5.32 Å². The fraction of sp³-hybridized carbons (Fsp3) is 0.867. The molecule has 0 aromatic carbocycles. The first-order chi connectivity index (χ1) is 9.63. The van der Waals surface area contributed by atoms with E-state index in [9.17, 15) is 9.59 Å². The van der Waals surface area contributed by atoms with Crippen LogP contribution in [-0.2, 0) is 9.59 Å². The largest absolute Gasteiger partial charge is 0.481 e. The highest BCUT2D eigenvalue weighted by molar-refractivity contribution is 5.78. The number of hydrogen-bond acceptors (Lipinski definition) is 3. The maximum Gasteiger partial charge on any atom is 0.303 e. The van der Waals surface area contributed by atoms with E-state index in [2.05, 4.69) is 10.2 Å². The Kier molecular flexibility index (Phi) is 3.96. The molecule has 0 aromatic rings. The lowest BCUT2D eigenvalue weighted by Gasteiger charge is -2.39. The molecular formula is C15H24N2O3. The number of amides is 1. The Bertz CT molecular complexity index is 379. The molecule has 3 aliphatic heterocycles. The molecule has 3 heterocycles. The standard InChI is InChI=1S/C15H24N2O3/c18-14(7-10-3-4-16-9-10)17-12-1-2-13(17)6-11(5-12)8-15(19)20/h10-13,16H,1-9H2,(H,19,20). The van der Waals surface area contributed by atoms with Crippen LogP contribution in [0.3, 0.4) is 0 Å². The second-order valence-corrected chi connectivity index (χ2v) is 6.68. The summed E-state index contributed by atoms with van der Waals surface area (Å²) in [5.41, 5.74) is 0. The maximum atomic E-state index is 12.5. The van der Waals surface area contributed by atoms with E-state index in [4.69, 9.17) is 5.11 Å². The van der Waals surface area contributed by atoms with Crippen LogP contribution in [0.15, 0.2) is 0 Å². The van der Waals surface area contributed by atoms with Gasteiger partial charge in [-0.1, -0.05) is 0 Å². The van der Waals surface area contributed by atoms with Crippen molar-refractivity contribution < 1.29 is 14.7 Å². The Morgan fingerprint density at radius 3 is 2.30 bits per heavy atom. The zero-order valence-electron chi connectivity index (χ0n) is 11.9. The van der Waals surface area contributed by atoms with Crippen molar-refractivity contribution >= 4 is 11.9 Å². The third-order valence-electron chi connectivity index (χ3n) is 5.21. The average Bonchev–Trinajstić information content (AvgIpc) is 2.95. The van der Waals surface area contributed by atoms with E-state index in [0.717, 1.165) is 45.2 Å². The molecule has 3 fully saturated rings. The number of nitrogens with zero attached hydrogens (tertiary/aromatic N) is 1. The van der Waals surface area contributed by atoms with E-state index in [0.29, 0.717) is 30.3 Å². The number of nitrogens with one attached hydrogen (secondary N) is 1. The summed E-state index contributed by atoms with van der Waals surface area (Å²) in [4.78, 5) is 25.5. The number of rotatable bonds is 4. The van der Waals surface area contributed by atoms with Crippen molar-refractivity contribution in [2.45, 2.75) is 57.0 Å². The van der Waals surface area contributed by atoms with Crippen LogP contribution in [0.5, 0.6) is 0 Å². The lowest BCUT2D eigenvalue weighted by Crippen LogP contribution is -2.47. The number of carboxylic acids is 1. The molecule has 3 aliphatic rings. The van der Waals surface area contributed by atoms with Crippen molar-refractivity contribution in [2.24, 2.45) is 11.8 Å². The summed E-state index contributed by atoms with van der Waals surface area (Å²) in [6, 6.07) is 0.611. The molecule has 2 N–H and O–H groups in total. The molecule has 3 saturated heterocycles. The van der Waals surface area contributed by atoms with E-state index < -0.39 is 5.97 Å². The van der Waals surface area contributed by atoms with Gasteiger partial charge in [-0.3, -0.25) is 9.59 Å². The number of carbonyl (C=O) groups excluding carboxylic acids is 1. The number of hydrogen-bond donors (Lipinski definition) is 2. The molecule has 3 rings (SSSR count). The molecule has 20 heavy (non-hydrogen) atoms. The summed E-state index contributed by atoms with van der Waals surface area (Å²) >= 11 is 0. The van der Waals surface area contributed by atoms with Gasteiger partial charge >= 0.3 is 5.97 Å². The van der Waals surface area contributed by atoms with Gasteiger partial charge < -0.3 is 15.3 Å². The Labute approximate surface area is 119 Å². The molecule has 5 nitrogen and oxygen atoms in total. The predicted octanol–water partition coefficient (Wildman–Crippen LogP) is 1.23. The van der Waals surface area contributed by atoms with Crippen LogP contribution in [0.4, 0.5) is 0 Å². The summed E-state index contributed by atoms with van der Waals surface area (Å²) in [5, 5.41) is 12.2. The van der Waals surface area contributed by atoms with Crippen LogP contribution in [0.2, 0.25) is 0 Å². The Morgan fingerprint density at radius 2 is 1.75 bits per heavy atom. The monoisotopic (exact) mass is 280 g/mol. The average molecular weight is 280 g/mol. The minimum absolute atomic E-state index is 0.265. The maximum absolute atomic E-state index is 12.5. The molecule has 3 unspecified atom stereocenters. The Morgan fingerprint density at radius 1 is 1.05 bits per heavy atom. The third-order valence-corrected chi connectivity index (χ3v) is 5.21. The van der Waals surface area contributed by atoms with Crippen LogP contribution in [0.25, 0.3) is 0 Å². The highest BCUT2D eigenvalue weighted by atomic mass is 16.4. The van der Waals surface area contributed by atoms with E-state index in [-0.39, 0.29) is 12.3 Å². The molecule has 0 aromatic heterocycles. The van der Waals surface area contributed by atoms with Crippen LogP contribution in [0.1, 0.15) is 44.9 Å². The number of carboxylic acid groups (broad SMARTS) is 1. The summed E-state index contributed by atoms with van der Waals surface area (Å²) < 4.78 is 0. The molecule has 0 aliphatic carbocycles. The topological polar surface area (TPSA) is 69.6 Å². The smallest absolute Gasteiger partial charge is 0.303 e. The summed E-state index contributed by atoms with van der Waals surface area (Å²) in [6.45, 7) is 2.00. The summed E-state index contributed by atoms with van der Waals surface area (Å²) in [6.07, 6.45) is 5.95. The van der Waals surface area contributed by atoms with Gasteiger partial charge in [0.15, 0.2) is 0 Å². The SMILES string of the molecule is O=C(O)CC1CC2CCC(C1)N2C(=O)CC1CCNC1. The molecule has 1 amide bonds. The molecule has 0 spiro atoms. The fourth-order valence-electron chi connectivity index (χ4n) is 4.35. The van der Waals surface area contributed by atoms with Gasteiger partial charge in [-0.2, -0.15) is 0 Å². The zero-order chi connectivity index (χ0) is 14.1.